The van der Waals surface area contributed by atoms with Crippen LogP contribution in [0.15, 0.2) is 54.2 Å². The summed E-state index contributed by atoms with van der Waals surface area (Å²) in [5, 5.41) is 2.88. The number of nitrogens with zero attached hydrogens (tertiary/aromatic N) is 3. The van der Waals surface area contributed by atoms with Crippen LogP contribution >= 0.6 is 11.3 Å². The predicted molar refractivity (Wildman–Crippen MR) is 90.9 cm³/mol. The van der Waals surface area contributed by atoms with Gasteiger partial charge in [0.25, 0.3) is 11.8 Å². The van der Waals surface area contributed by atoms with Gasteiger partial charge in [0.1, 0.15) is 0 Å². The topological polar surface area (TPSA) is 63.2 Å². The zero-order chi connectivity index (χ0) is 16.5. The molecule has 0 saturated carbocycles. The molecule has 0 spiro atoms. The molecule has 118 valence electrons. The molecule has 1 aliphatic heterocycles. The minimum Gasteiger partial charge on any atom is -0.274 e. The number of imide groups is 1. The quantitative estimate of drug-likeness (QED) is 0.688. The van der Waals surface area contributed by atoms with E-state index in [0.29, 0.717) is 24.1 Å². The van der Waals surface area contributed by atoms with Gasteiger partial charge in [-0.1, -0.05) is 12.1 Å². The van der Waals surface area contributed by atoms with Crippen molar-refractivity contribution >= 4 is 23.2 Å². The Morgan fingerprint density at radius 3 is 2.29 bits per heavy atom. The molecule has 0 bridgehead atoms. The molecule has 4 rings (SSSR count). The highest BCUT2D eigenvalue weighted by Crippen LogP contribution is 2.24. The highest BCUT2D eigenvalue weighted by molar-refractivity contribution is 7.09. The lowest BCUT2D eigenvalue weighted by Crippen LogP contribution is -2.31. The summed E-state index contributed by atoms with van der Waals surface area (Å²) in [6.45, 7) is 0.343. The van der Waals surface area contributed by atoms with Crippen LogP contribution in [0.4, 0.5) is 0 Å². The van der Waals surface area contributed by atoms with Crippen LogP contribution in [-0.4, -0.2) is 33.2 Å². The van der Waals surface area contributed by atoms with Crippen molar-refractivity contribution in [1.29, 1.82) is 0 Å². The Kier molecular flexibility index (Phi) is 3.66. The minimum absolute atomic E-state index is 0.221. The predicted octanol–water partition coefficient (Wildman–Crippen LogP) is 3.04. The fraction of sp³-hybridized carbons (Fsp3) is 0.111. The molecule has 1 aliphatic rings. The molecule has 0 N–H and O–H groups in total. The molecule has 2 aromatic heterocycles. The van der Waals surface area contributed by atoms with Gasteiger partial charge in [0.05, 0.1) is 21.8 Å². The third kappa shape index (κ3) is 2.51. The summed E-state index contributed by atoms with van der Waals surface area (Å²) in [5.41, 5.74) is 2.87. The molecule has 0 fully saturated rings. The van der Waals surface area contributed by atoms with E-state index in [0.717, 1.165) is 16.3 Å². The fourth-order valence-electron chi connectivity index (χ4n) is 2.73. The Morgan fingerprint density at radius 2 is 1.62 bits per heavy atom. The number of hydrogen-bond acceptors (Lipinski definition) is 5. The van der Waals surface area contributed by atoms with Crippen LogP contribution in [0.1, 0.15) is 25.7 Å². The van der Waals surface area contributed by atoms with E-state index in [1.807, 2.05) is 17.5 Å². The molecule has 3 aromatic rings. The minimum atomic E-state index is -0.221. The van der Waals surface area contributed by atoms with Crippen LogP contribution in [0.3, 0.4) is 0 Å². The van der Waals surface area contributed by atoms with E-state index in [9.17, 15) is 9.59 Å². The average molecular weight is 335 g/mol. The lowest BCUT2D eigenvalue weighted by Gasteiger charge is -2.12. The number of fused-ring (bicyclic) bond motifs is 1. The summed E-state index contributed by atoms with van der Waals surface area (Å²) in [6, 6.07) is 10.7. The van der Waals surface area contributed by atoms with Crippen molar-refractivity contribution in [2.75, 3.05) is 6.54 Å². The van der Waals surface area contributed by atoms with Gasteiger partial charge in [-0.25, -0.2) is 4.98 Å². The smallest absolute Gasteiger partial charge is 0.261 e. The monoisotopic (exact) mass is 335 g/mol. The molecule has 5 nitrogen and oxygen atoms in total. The van der Waals surface area contributed by atoms with Gasteiger partial charge < -0.3 is 0 Å². The van der Waals surface area contributed by atoms with E-state index in [1.54, 1.807) is 36.7 Å². The van der Waals surface area contributed by atoms with Gasteiger partial charge in [-0.15, -0.1) is 11.3 Å². The molecule has 6 heteroatoms. The van der Waals surface area contributed by atoms with Crippen molar-refractivity contribution in [3.8, 4) is 11.3 Å². The Morgan fingerprint density at radius 1 is 0.958 bits per heavy atom. The molecule has 0 unspecified atom stereocenters. The van der Waals surface area contributed by atoms with Crippen molar-refractivity contribution < 1.29 is 9.59 Å². The van der Waals surface area contributed by atoms with Crippen molar-refractivity contribution in [2.45, 2.75) is 6.42 Å². The summed E-state index contributed by atoms with van der Waals surface area (Å²) >= 11 is 1.53. The number of carbonyl (C=O) groups excluding carboxylic acids is 2. The van der Waals surface area contributed by atoms with E-state index in [1.165, 1.54) is 16.2 Å². The highest BCUT2D eigenvalue weighted by Gasteiger charge is 2.34. The van der Waals surface area contributed by atoms with Crippen molar-refractivity contribution in [1.82, 2.24) is 14.9 Å². The van der Waals surface area contributed by atoms with E-state index in [4.69, 9.17) is 0 Å². The van der Waals surface area contributed by atoms with Crippen molar-refractivity contribution in [2.24, 2.45) is 0 Å². The SMILES string of the molecule is O=C1c2ccccc2C(=O)N1CCc1nc(-c2ccncc2)cs1. The second-order valence-electron chi connectivity index (χ2n) is 5.42. The van der Waals surface area contributed by atoms with Gasteiger partial charge in [-0.2, -0.15) is 0 Å². The Hall–Kier alpha value is -2.86. The summed E-state index contributed by atoms with van der Waals surface area (Å²) in [5.74, 6) is -0.442. The molecule has 1 aromatic carbocycles. The largest absolute Gasteiger partial charge is 0.274 e. The number of thiazole rings is 1. The first-order chi connectivity index (χ1) is 11.7. The molecular formula is C18H13N3O2S. The van der Waals surface area contributed by atoms with Crippen LogP contribution in [0.5, 0.6) is 0 Å². The zero-order valence-corrected chi connectivity index (χ0v) is 13.5. The first-order valence-electron chi connectivity index (χ1n) is 7.54. The van der Waals surface area contributed by atoms with Crippen LogP contribution in [0.25, 0.3) is 11.3 Å². The maximum atomic E-state index is 12.3. The van der Waals surface area contributed by atoms with Gasteiger partial charge in [-0.05, 0) is 24.3 Å². The molecule has 0 saturated heterocycles. The van der Waals surface area contributed by atoms with E-state index < -0.39 is 0 Å². The highest BCUT2D eigenvalue weighted by atomic mass is 32.1. The maximum absolute atomic E-state index is 12.3. The summed E-state index contributed by atoms with van der Waals surface area (Å²) in [6.07, 6.45) is 4.02. The molecular weight excluding hydrogens is 322 g/mol. The first-order valence-corrected chi connectivity index (χ1v) is 8.42. The summed E-state index contributed by atoms with van der Waals surface area (Å²) < 4.78 is 0. The standard InChI is InChI=1S/C18H13N3O2S/c22-17-13-3-1-2-4-14(13)18(23)21(17)10-7-16-20-15(11-24-16)12-5-8-19-9-6-12/h1-6,8-9,11H,7,10H2. The number of pyridine rings is 1. The molecule has 0 atom stereocenters. The lowest BCUT2D eigenvalue weighted by molar-refractivity contribution is 0.0656. The van der Waals surface area contributed by atoms with Gasteiger partial charge in [-0.3, -0.25) is 19.5 Å². The number of rotatable bonds is 4. The van der Waals surface area contributed by atoms with Crippen LogP contribution in [0, 0.1) is 0 Å². The molecule has 0 radical (unpaired) electrons. The number of benzene rings is 1. The summed E-state index contributed by atoms with van der Waals surface area (Å²) in [4.78, 5) is 34.6. The van der Waals surface area contributed by atoms with E-state index in [2.05, 4.69) is 9.97 Å². The van der Waals surface area contributed by atoms with Crippen molar-refractivity contribution in [3.63, 3.8) is 0 Å². The first kappa shape index (κ1) is 14.7. The normalized spacial score (nSPS) is 13.4. The van der Waals surface area contributed by atoms with Gasteiger partial charge in [0, 0.05) is 36.3 Å². The molecule has 2 amide bonds. The Balaban J connectivity index is 1.48. The zero-order valence-electron chi connectivity index (χ0n) is 12.7. The number of aromatic nitrogens is 2. The van der Waals surface area contributed by atoms with E-state index in [-0.39, 0.29) is 11.8 Å². The third-order valence-corrected chi connectivity index (χ3v) is 4.86. The second-order valence-corrected chi connectivity index (χ2v) is 6.36. The maximum Gasteiger partial charge on any atom is 0.261 e. The molecule has 3 heterocycles. The van der Waals surface area contributed by atoms with Gasteiger partial charge in [0.2, 0.25) is 0 Å². The van der Waals surface area contributed by atoms with Crippen LogP contribution in [-0.2, 0) is 6.42 Å². The number of carbonyl (C=O) groups is 2. The van der Waals surface area contributed by atoms with Crippen LogP contribution in [0.2, 0.25) is 0 Å². The summed E-state index contributed by atoms with van der Waals surface area (Å²) in [7, 11) is 0. The molecule has 24 heavy (non-hydrogen) atoms. The second kappa shape index (κ2) is 5.98. The average Bonchev–Trinajstić information content (AvgIpc) is 3.19. The van der Waals surface area contributed by atoms with E-state index >= 15 is 0 Å². The Labute approximate surface area is 142 Å². The number of amides is 2. The van der Waals surface area contributed by atoms with Crippen LogP contribution < -0.4 is 0 Å². The number of hydrogen-bond donors (Lipinski definition) is 0. The van der Waals surface area contributed by atoms with Gasteiger partial charge >= 0.3 is 0 Å². The fourth-order valence-corrected chi connectivity index (χ4v) is 3.53. The Bertz CT molecular complexity index is 886. The third-order valence-electron chi connectivity index (χ3n) is 3.96. The molecule has 0 aliphatic carbocycles. The lowest BCUT2D eigenvalue weighted by atomic mass is 10.1. The van der Waals surface area contributed by atoms with Gasteiger partial charge in [0.15, 0.2) is 0 Å². The van der Waals surface area contributed by atoms with Crippen molar-refractivity contribution in [3.05, 3.63) is 70.3 Å².